The van der Waals surface area contributed by atoms with Gasteiger partial charge in [-0.15, -0.1) is 0 Å². The Hall–Kier alpha value is -3.74. The van der Waals surface area contributed by atoms with Crippen LogP contribution in [0.25, 0.3) is 0 Å². The zero-order chi connectivity index (χ0) is 20.5. The number of carbonyl (C=O) groups is 2. The molecular weight excluding hydrogens is 368 g/mol. The lowest BCUT2D eigenvalue weighted by atomic mass is 10.1. The Bertz CT molecular complexity index is 977. The zero-order valence-electron chi connectivity index (χ0n) is 16.1. The number of rotatable bonds is 8. The molecule has 2 N–H and O–H groups in total. The van der Waals surface area contributed by atoms with Crippen molar-refractivity contribution in [1.82, 2.24) is 20.6 Å². The second-order valence-corrected chi connectivity index (χ2v) is 6.32. The molecule has 2 amide bonds. The summed E-state index contributed by atoms with van der Waals surface area (Å²) in [5.41, 5.74) is 2.61. The molecule has 0 atom stereocenters. The van der Waals surface area contributed by atoms with Gasteiger partial charge in [0.25, 0.3) is 11.8 Å². The van der Waals surface area contributed by atoms with Crippen LogP contribution < -0.4 is 15.4 Å². The summed E-state index contributed by atoms with van der Waals surface area (Å²) >= 11 is 0. The Kier molecular flexibility index (Phi) is 6.89. The van der Waals surface area contributed by atoms with Crippen LogP contribution in [0.3, 0.4) is 0 Å². The molecule has 3 aromatic rings. The molecule has 3 rings (SSSR count). The summed E-state index contributed by atoms with van der Waals surface area (Å²) in [6.07, 6.45) is 6.85. The standard InChI is InChI=1S/C22H22N4O3/c1-29-20-5-3-2-4-17(20)8-11-25-21(27)18-12-19(15-24-14-18)22(28)26-13-16-6-9-23-10-7-16/h2-7,9-10,12,14-15H,8,11,13H2,1H3,(H,25,27)(H,26,28). The minimum atomic E-state index is -0.294. The maximum atomic E-state index is 12.4. The van der Waals surface area contributed by atoms with E-state index in [2.05, 4.69) is 20.6 Å². The van der Waals surface area contributed by atoms with Gasteiger partial charge in [-0.05, 0) is 41.8 Å². The maximum Gasteiger partial charge on any atom is 0.253 e. The van der Waals surface area contributed by atoms with Crippen LogP contribution >= 0.6 is 0 Å². The molecule has 0 aliphatic rings. The highest BCUT2D eigenvalue weighted by Crippen LogP contribution is 2.17. The number of amides is 2. The van der Waals surface area contributed by atoms with Crippen LogP contribution in [0, 0.1) is 0 Å². The lowest BCUT2D eigenvalue weighted by molar-refractivity contribution is 0.0950. The van der Waals surface area contributed by atoms with Crippen LogP contribution in [0.4, 0.5) is 0 Å². The highest BCUT2D eigenvalue weighted by Gasteiger charge is 2.11. The second-order valence-electron chi connectivity index (χ2n) is 6.32. The molecule has 0 fully saturated rings. The van der Waals surface area contributed by atoms with Crippen molar-refractivity contribution in [2.24, 2.45) is 0 Å². The number of hydrogen-bond acceptors (Lipinski definition) is 5. The molecule has 0 unspecified atom stereocenters. The van der Waals surface area contributed by atoms with E-state index in [-0.39, 0.29) is 11.8 Å². The molecule has 0 spiro atoms. The summed E-state index contributed by atoms with van der Waals surface area (Å²) in [4.78, 5) is 32.7. The topological polar surface area (TPSA) is 93.2 Å². The maximum absolute atomic E-state index is 12.4. The van der Waals surface area contributed by atoms with Crippen molar-refractivity contribution in [3.63, 3.8) is 0 Å². The average molecular weight is 390 g/mol. The first-order valence-electron chi connectivity index (χ1n) is 9.19. The molecule has 2 aromatic heterocycles. The van der Waals surface area contributed by atoms with Crippen molar-refractivity contribution in [1.29, 1.82) is 0 Å². The van der Waals surface area contributed by atoms with Gasteiger partial charge in [-0.25, -0.2) is 0 Å². The lowest BCUT2D eigenvalue weighted by Crippen LogP contribution is -2.27. The van der Waals surface area contributed by atoms with E-state index in [0.717, 1.165) is 16.9 Å². The molecular formula is C22H22N4O3. The van der Waals surface area contributed by atoms with Gasteiger partial charge in [0.1, 0.15) is 5.75 Å². The number of benzene rings is 1. The number of nitrogens with one attached hydrogen (secondary N) is 2. The van der Waals surface area contributed by atoms with E-state index in [1.807, 2.05) is 36.4 Å². The number of nitrogens with zero attached hydrogens (tertiary/aromatic N) is 2. The van der Waals surface area contributed by atoms with Crippen molar-refractivity contribution >= 4 is 11.8 Å². The molecule has 0 saturated heterocycles. The highest BCUT2D eigenvalue weighted by molar-refractivity contribution is 5.99. The smallest absolute Gasteiger partial charge is 0.253 e. The first-order chi connectivity index (χ1) is 14.2. The number of pyridine rings is 2. The molecule has 0 saturated carbocycles. The van der Waals surface area contributed by atoms with Gasteiger partial charge in [0.05, 0.1) is 18.2 Å². The largest absolute Gasteiger partial charge is 0.496 e. The summed E-state index contributed by atoms with van der Waals surface area (Å²) in [7, 11) is 1.62. The lowest BCUT2D eigenvalue weighted by Gasteiger charge is -2.10. The summed E-state index contributed by atoms with van der Waals surface area (Å²) in [5, 5.41) is 5.66. The van der Waals surface area contributed by atoms with Crippen LogP contribution in [0.1, 0.15) is 31.8 Å². The van der Waals surface area contributed by atoms with Gasteiger partial charge < -0.3 is 15.4 Å². The van der Waals surface area contributed by atoms with Gasteiger partial charge in [-0.2, -0.15) is 0 Å². The SMILES string of the molecule is COc1ccccc1CCNC(=O)c1cncc(C(=O)NCc2ccncc2)c1. The van der Waals surface area contributed by atoms with Gasteiger partial charge in [0.2, 0.25) is 0 Å². The van der Waals surface area contributed by atoms with E-state index >= 15 is 0 Å². The molecule has 7 heteroatoms. The predicted octanol–water partition coefficient (Wildman–Crippen LogP) is 2.39. The summed E-state index contributed by atoms with van der Waals surface area (Å²) in [6.45, 7) is 0.814. The fourth-order valence-electron chi connectivity index (χ4n) is 2.80. The molecule has 0 bridgehead atoms. The van der Waals surface area contributed by atoms with E-state index in [0.29, 0.717) is 30.6 Å². The summed E-state index contributed by atoms with van der Waals surface area (Å²) < 4.78 is 5.31. The van der Waals surface area contributed by atoms with Gasteiger partial charge >= 0.3 is 0 Å². The Morgan fingerprint density at radius 2 is 1.62 bits per heavy atom. The number of aromatic nitrogens is 2. The van der Waals surface area contributed by atoms with E-state index < -0.39 is 0 Å². The number of para-hydroxylation sites is 1. The van der Waals surface area contributed by atoms with Gasteiger partial charge in [0, 0.05) is 37.9 Å². The Morgan fingerprint density at radius 1 is 0.931 bits per heavy atom. The van der Waals surface area contributed by atoms with E-state index in [9.17, 15) is 9.59 Å². The van der Waals surface area contributed by atoms with Crippen LogP contribution in [0.2, 0.25) is 0 Å². The Balaban J connectivity index is 1.55. The van der Waals surface area contributed by atoms with Crippen molar-refractivity contribution in [3.8, 4) is 5.75 Å². The molecule has 0 aliphatic carbocycles. The predicted molar refractivity (Wildman–Crippen MR) is 109 cm³/mol. The summed E-state index contributed by atoms with van der Waals surface area (Å²) in [6, 6.07) is 12.9. The number of ether oxygens (including phenoxy) is 1. The molecule has 0 radical (unpaired) electrons. The minimum Gasteiger partial charge on any atom is -0.496 e. The normalized spacial score (nSPS) is 10.2. The average Bonchev–Trinajstić information content (AvgIpc) is 2.78. The highest BCUT2D eigenvalue weighted by atomic mass is 16.5. The van der Waals surface area contributed by atoms with E-state index in [4.69, 9.17) is 4.74 Å². The van der Waals surface area contributed by atoms with Crippen molar-refractivity contribution in [3.05, 3.63) is 89.5 Å². The molecule has 29 heavy (non-hydrogen) atoms. The van der Waals surface area contributed by atoms with Crippen molar-refractivity contribution in [2.45, 2.75) is 13.0 Å². The van der Waals surface area contributed by atoms with Crippen LogP contribution in [0.5, 0.6) is 5.75 Å². The van der Waals surface area contributed by atoms with Gasteiger partial charge in [0.15, 0.2) is 0 Å². The fourth-order valence-corrected chi connectivity index (χ4v) is 2.80. The van der Waals surface area contributed by atoms with E-state index in [1.54, 1.807) is 19.5 Å². The first kappa shape index (κ1) is 20.0. The molecule has 148 valence electrons. The van der Waals surface area contributed by atoms with Gasteiger partial charge in [-0.3, -0.25) is 19.6 Å². The van der Waals surface area contributed by atoms with Crippen LogP contribution in [-0.4, -0.2) is 35.4 Å². The first-order valence-corrected chi connectivity index (χ1v) is 9.19. The summed E-state index contributed by atoms with van der Waals surface area (Å²) in [5.74, 6) is 0.213. The molecule has 7 nitrogen and oxygen atoms in total. The van der Waals surface area contributed by atoms with Gasteiger partial charge in [-0.1, -0.05) is 18.2 Å². The minimum absolute atomic E-state index is 0.281. The quantitative estimate of drug-likeness (QED) is 0.616. The number of methoxy groups -OCH3 is 1. The second kappa shape index (κ2) is 9.98. The van der Waals surface area contributed by atoms with Crippen molar-refractivity contribution in [2.75, 3.05) is 13.7 Å². The third kappa shape index (κ3) is 5.62. The van der Waals surface area contributed by atoms with Crippen molar-refractivity contribution < 1.29 is 14.3 Å². The monoisotopic (exact) mass is 390 g/mol. The molecule has 2 heterocycles. The zero-order valence-corrected chi connectivity index (χ0v) is 16.1. The van der Waals surface area contributed by atoms with E-state index in [1.165, 1.54) is 18.5 Å². The third-order valence-electron chi connectivity index (χ3n) is 4.34. The third-order valence-corrected chi connectivity index (χ3v) is 4.34. The molecule has 1 aromatic carbocycles. The molecule has 0 aliphatic heterocycles. The Labute approximate surface area is 169 Å². The Morgan fingerprint density at radius 3 is 2.34 bits per heavy atom. The van der Waals surface area contributed by atoms with Crippen LogP contribution in [-0.2, 0) is 13.0 Å². The van der Waals surface area contributed by atoms with Crippen LogP contribution in [0.15, 0.2) is 67.3 Å². The fraction of sp³-hybridized carbons (Fsp3) is 0.182. The number of carbonyl (C=O) groups excluding carboxylic acids is 2. The number of hydrogen-bond donors (Lipinski definition) is 2.